The zero-order chi connectivity index (χ0) is 13.1. The van der Waals surface area contributed by atoms with Crippen LogP contribution in [0.25, 0.3) is 0 Å². The minimum Gasteiger partial charge on any atom is -0.292 e. The summed E-state index contributed by atoms with van der Waals surface area (Å²) in [6.45, 7) is 2.01. The number of ketones is 1. The van der Waals surface area contributed by atoms with Crippen LogP contribution >= 0.6 is 31.9 Å². The van der Waals surface area contributed by atoms with Crippen molar-refractivity contribution in [2.24, 2.45) is 0 Å². The predicted octanol–water partition coefficient (Wildman–Crippen LogP) is 4.34. The summed E-state index contributed by atoms with van der Waals surface area (Å²) >= 11 is 6.69. The first-order valence-corrected chi connectivity index (χ1v) is 7.05. The molecule has 0 N–H and O–H groups in total. The first kappa shape index (κ1) is 13.4. The molecule has 0 atom stereocenters. The second kappa shape index (κ2) is 5.76. The van der Waals surface area contributed by atoms with Crippen molar-refractivity contribution in [1.82, 2.24) is 4.98 Å². The van der Waals surface area contributed by atoms with Gasteiger partial charge in [-0.25, -0.2) is 0 Å². The van der Waals surface area contributed by atoms with E-state index in [1.54, 1.807) is 6.20 Å². The number of Topliss-reactive ketones (excluding diaryl/α,β-unsaturated/α-hetero) is 1. The van der Waals surface area contributed by atoms with Crippen molar-refractivity contribution >= 4 is 37.6 Å². The molecule has 0 aliphatic rings. The molecule has 92 valence electrons. The fourth-order valence-corrected chi connectivity index (χ4v) is 2.89. The summed E-state index contributed by atoms with van der Waals surface area (Å²) < 4.78 is 1.57. The topological polar surface area (TPSA) is 30.0 Å². The maximum Gasteiger partial charge on any atom is 0.186 e. The SMILES string of the molecule is Cc1ccccc1CC(=O)c1ncc(Br)cc1Br. The van der Waals surface area contributed by atoms with Gasteiger partial charge in [0.15, 0.2) is 5.78 Å². The van der Waals surface area contributed by atoms with Crippen LogP contribution in [0.3, 0.4) is 0 Å². The van der Waals surface area contributed by atoms with Gasteiger partial charge in [0.05, 0.1) is 0 Å². The number of nitrogens with zero attached hydrogens (tertiary/aromatic N) is 1. The van der Waals surface area contributed by atoms with Crippen molar-refractivity contribution in [2.45, 2.75) is 13.3 Å². The summed E-state index contributed by atoms with van der Waals surface area (Å²) in [7, 11) is 0. The van der Waals surface area contributed by atoms with Crippen LogP contribution in [0.4, 0.5) is 0 Å². The predicted molar refractivity (Wildman–Crippen MR) is 78.9 cm³/mol. The summed E-state index contributed by atoms with van der Waals surface area (Å²) in [6, 6.07) is 9.72. The van der Waals surface area contributed by atoms with Crippen molar-refractivity contribution in [2.75, 3.05) is 0 Å². The first-order valence-electron chi connectivity index (χ1n) is 5.46. The smallest absolute Gasteiger partial charge is 0.186 e. The Labute approximate surface area is 123 Å². The van der Waals surface area contributed by atoms with Gasteiger partial charge < -0.3 is 0 Å². The van der Waals surface area contributed by atoms with Crippen LogP contribution in [0.5, 0.6) is 0 Å². The Morgan fingerprint density at radius 1 is 1.28 bits per heavy atom. The van der Waals surface area contributed by atoms with Gasteiger partial charge in [0.1, 0.15) is 5.69 Å². The van der Waals surface area contributed by atoms with Crippen LogP contribution in [0, 0.1) is 6.92 Å². The molecule has 0 bridgehead atoms. The highest BCUT2D eigenvalue weighted by molar-refractivity contribution is 9.11. The zero-order valence-electron chi connectivity index (χ0n) is 9.78. The molecule has 0 spiro atoms. The number of benzene rings is 1. The molecule has 0 saturated carbocycles. The molecular weight excluding hydrogens is 358 g/mol. The van der Waals surface area contributed by atoms with E-state index in [1.807, 2.05) is 37.3 Å². The summed E-state index contributed by atoms with van der Waals surface area (Å²) in [5.41, 5.74) is 2.64. The standard InChI is InChI=1S/C14H11Br2NO/c1-9-4-2-3-5-10(9)6-13(18)14-12(16)7-11(15)8-17-14/h2-5,7-8H,6H2,1H3. The fraction of sp³-hybridized carbons (Fsp3) is 0.143. The third-order valence-electron chi connectivity index (χ3n) is 2.68. The molecular formula is C14H11Br2NO. The number of carbonyl (C=O) groups is 1. The van der Waals surface area contributed by atoms with Crippen molar-refractivity contribution < 1.29 is 4.79 Å². The van der Waals surface area contributed by atoms with E-state index < -0.39 is 0 Å². The highest BCUT2D eigenvalue weighted by Gasteiger charge is 2.13. The van der Waals surface area contributed by atoms with Crippen LogP contribution in [0.15, 0.2) is 45.5 Å². The van der Waals surface area contributed by atoms with Crippen molar-refractivity contribution in [3.8, 4) is 0 Å². The Hall–Kier alpha value is -1.00. The molecule has 2 rings (SSSR count). The average molecular weight is 369 g/mol. The second-order valence-electron chi connectivity index (χ2n) is 4.01. The lowest BCUT2D eigenvalue weighted by Crippen LogP contribution is -2.08. The quantitative estimate of drug-likeness (QED) is 0.754. The Balaban J connectivity index is 2.25. The third-order valence-corrected chi connectivity index (χ3v) is 3.72. The Bertz CT molecular complexity index is 596. The molecule has 1 aromatic carbocycles. The van der Waals surface area contributed by atoms with E-state index in [1.165, 1.54) is 0 Å². The fourth-order valence-electron chi connectivity index (χ4n) is 1.68. The molecule has 18 heavy (non-hydrogen) atoms. The Kier molecular flexibility index (Phi) is 4.30. The molecule has 0 saturated heterocycles. The number of aryl methyl sites for hydroxylation is 1. The number of aromatic nitrogens is 1. The van der Waals surface area contributed by atoms with Gasteiger partial charge in [-0.05, 0) is 56.0 Å². The van der Waals surface area contributed by atoms with Crippen LogP contribution in [0.2, 0.25) is 0 Å². The van der Waals surface area contributed by atoms with Gasteiger partial charge in [-0.15, -0.1) is 0 Å². The summed E-state index contributed by atoms with van der Waals surface area (Å²) in [4.78, 5) is 16.4. The van der Waals surface area contributed by atoms with Crippen LogP contribution in [-0.2, 0) is 6.42 Å². The molecule has 0 radical (unpaired) electrons. The molecule has 4 heteroatoms. The number of carbonyl (C=O) groups excluding carboxylic acids is 1. The van der Waals surface area contributed by atoms with Crippen LogP contribution in [-0.4, -0.2) is 10.8 Å². The van der Waals surface area contributed by atoms with Crippen molar-refractivity contribution in [3.63, 3.8) is 0 Å². The summed E-state index contributed by atoms with van der Waals surface area (Å²) in [6.07, 6.45) is 2.01. The highest BCUT2D eigenvalue weighted by atomic mass is 79.9. The second-order valence-corrected chi connectivity index (χ2v) is 5.78. The highest BCUT2D eigenvalue weighted by Crippen LogP contribution is 2.21. The number of hydrogen-bond acceptors (Lipinski definition) is 2. The molecule has 0 aliphatic carbocycles. The van der Waals surface area contributed by atoms with Crippen LogP contribution in [0.1, 0.15) is 21.6 Å². The molecule has 2 aromatic rings. The minimum atomic E-state index is 0.0173. The normalized spacial score (nSPS) is 10.4. The van der Waals surface area contributed by atoms with Gasteiger partial charge in [0.25, 0.3) is 0 Å². The minimum absolute atomic E-state index is 0.0173. The van der Waals surface area contributed by atoms with E-state index in [-0.39, 0.29) is 5.78 Å². The number of rotatable bonds is 3. The lowest BCUT2D eigenvalue weighted by molar-refractivity contribution is 0.0987. The third kappa shape index (κ3) is 3.06. The lowest BCUT2D eigenvalue weighted by atomic mass is 10.0. The van der Waals surface area contributed by atoms with E-state index in [0.717, 1.165) is 20.1 Å². The van der Waals surface area contributed by atoms with E-state index in [9.17, 15) is 4.79 Å². The molecule has 2 nitrogen and oxygen atoms in total. The van der Waals surface area contributed by atoms with Gasteiger partial charge >= 0.3 is 0 Å². The first-order chi connectivity index (χ1) is 8.58. The summed E-state index contributed by atoms with van der Waals surface area (Å²) in [5.74, 6) is 0.0173. The van der Waals surface area contributed by atoms with Gasteiger partial charge in [-0.3, -0.25) is 9.78 Å². The van der Waals surface area contributed by atoms with E-state index in [4.69, 9.17) is 0 Å². The number of halogens is 2. The zero-order valence-corrected chi connectivity index (χ0v) is 13.0. The van der Waals surface area contributed by atoms with Crippen LogP contribution < -0.4 is 0 Å². The van der Waals surface area contributed by atoms with Gasteiger partial charge in [0, 0.05) is 21.6 Å². The maximum atomic E-state index is 12.2. The number of pyridine rings is 1. The molecule has 1 aromatic heterocycles. The van der Waals surface area contributed by atoms with Gasteiger partial charge in [0.2, 0.25) is 0 Å². The number of hydrogen-bond donors (Lipinski definition) is 0. The average Bonchev–Trinajstić information content (AvgIpc) is 2.32. The monoisotopic (exact) mass is 367 g/mol. The lowest BCUT2D eigenvalue weighted by Gasteiger charge is -2.06. The molecule has 0 fully saturated rings. The molecule has 0 aliphatic heterocycles. The van der Waals surface area contributed by atoms with Crippen molar-refractivity contribution in [3.05, 3.63) is 62.3 Å². The van der Waals surface area contributed by atoms with E-state index in [2.05, 4.69) is 36.8 Å². The van der Waals surface area contributed by atoms with E-state index in [0.29, 0.717) is 12.1 Å². The van der Waals surface area contributed by atoms with Gasteiger partial charge in [-0.2, -0.15) is 0 Å². The summed E-state index contributed by atoms with van der Waals surface area (Å²) in [5, 5.41) is 0. The molecule has 1 heterocycles. The van der Waals surface area contributed by atoms with Crippen molar-refractivity contribution in [1.29, 1.82) is 0 Å². The van der Waals surface area contributed by atoms with Gasteiger partial charge in [-0.1, -0.05) is 24.3 Å². The maximum absolute atomic E-state index is 12.2. The largest absolute Gasteiger partial charge is 0.292 e. The Morgan fingerprint density at radius 3 is 2.67 bits per heavy atom. The molecule has 0 unspecified atom stereocenters. The van der Waals surface area contributed by atoms with E-state index >= 15 is 0 Å². The Morgan fingerprint density at radius 2 is 2.00 bits per heavy atom. The molecule has 0 amide bonds.